The molecular weight excluding hydrogens is 1610 g/mol. The molecule has 6 N–H and O–H groups in total. The molecule has 126 heavy (non-hydrogen) atoms. The van der Waals surface area contributed by atoms with Gasteiger partial charge < -0.3 is 35.4 Å². The standard InChI is InChI=1S/C19H14N2O.C19H20O2.C19H20O.C18H16O.C17H14Cl2O.C17H14N2O5/c1-3-4-18(22)19(15-7-5-14(13-20)6-8-15)16-9-11-17(21-2)12-10-16;1-4-5-18(20)19(15-8-6-14(2)7-9-15)16-10-12-17(21-3)13-11-16;1-4-5-18(20)19(16-10-6-14(2)7-11-16)17-12-8-15(3)9-13-17;1-3-6-17(19)18-14-8-5-4-7-13(14)16-11-12(2)9-10-15(16)18;1-2-3-16(20)17(12-4-8-14(18)9-5-12)13-6-10-15(19)11-7-13;1-2-3-16(20)17(12-4-8-14(9-5-12)18(21)22)13-6-10-15(11-7-13)19(23)24/h1,5-12,18-19,22H,4H2;1,6-13,18-20H,5H2,2-3H3;1,6-13,18-20H,5H2,2-3H3;1,4-5,7-11,17-19H,6H2,2H3;1,4-11,16-17,20H,3H2;1,4-11,16-17,20H,3H2. The van der Waals surface area contributed by atoms with E-state index in [0.717, 1.165) is 50.3 Å². The van der Waals surface area contributed by atoms with Crippen LogP contribution < -0.4 is 4.74 Å². The number of aliphatic hydroxyl groups excluding tert-OH is 6. The normalized spacial score (nSPS) is 13.1. The summed E-state index contributed by atoms with van der Waals surface area (Å²) in [6.07, 6.45) is 29.7. The van der Waals surface area contributed by atoms with Crippen LogP contribution in [-0.2, 0) is 0 Å². The minimum absolute atomic E-state index is 0.00264. The fourth-order valence-corrected chi connectivity index (χ4v) is 15.2. The van der Waals surface area contributed by atoms with Crippen LogP contribution in [0.3, 0.4) is 0 Å². The van der Waals surface area contributed by atoms with Crippen LogP contribution in [0, 0.1) is 140 Å². The maximum Gasteiger partial charge on any atom is 0.269 e. The van der Waals surface area contributed by atoms with Crippen molar-refractivity contribution in [2.75, 3.05) is 7.11 Å². The number of hydrogen-bond donors (Lipinski definition) is 6. The van der Waals surface area contributed by atoms with Gasteiger partial charge >= 0.3 is 0 Å². The van der Waals surface area contributed by atoms with Gasteiger partial charge in [0.05, 0.1) is 71.8 Å². The molecule has 1 aliphatic carbocycles. The summed E-state index contributed by atoms with van der Waals surface area (Å²) >= 11 is 11.8. The number of aryl methyl sites for hydroxylation is 4. The molecule has 0 spiro atoms. The molecule has 12 aromatic carbocycles. The molecule has 0 saturated heterocycles. The Hall–Kier alpha value is -14.1. The average molecular weight is 1710 g/mol. The van der Waals surface area contributed by atoms with Gasteiger partial charge in [0, 0.05) is 108 Å². The zero-order valence-electron chi connectivity index (χ0n) is 70.5. The van der Waals surface area contributed by atoms with Gasteiger partial charge in [-0.05, 0) is 154 Å². The maximum atomic E-state index is 10.8. The lowest BCUT2D eigenvalue weighted by Crippen LogP contribution is -2.19. The second-order valence-corrected chi connectivity index (χ2v) is 31.0. The van der Waals surface area contributed by atoms with Gasteiger partial charge in [-0.2, -0.15) is 5.26 Å². The average Bonchev–Trinajstić information content (AvgIpc) is 1.60. The predicted molar refractivity (Wildman–Crippen MR) is 504 cm³/mol. The molecule has 0 amide bonds. The number of non-ortho nitro benzene ring substituents is 2. The summed E-state index contributed by atoms with van der Waals surface area (Å²) in [5.74, 6) is 14.6. The minimum atomic E-state index is -0.919. The summed E-state index contributed by atoms with van der Waals surface area (Å²) in [5.41, 5.74) is 20.0. The van der Waals surface area contributed by atoms with Crippen molar-refractivity contribution >= 4 is 40.3 Å². The van der Waals surface area contributed by atoms with Crippen LogP contribution >= 0.6 is 23.2 Å². The maximum absolute atomic E-state index is 10.8. The number of ether oxygens (including phenoxy) is 1. The highest BCUT2D eigenvalue weighted by molar-refractivity contribution is 6.30. The molecule has 9 atom stereocenters. The Kier molecular flexibility index (Phi) is 38.1. The quantitative estimate of drug-likeness (QED) is 0.0135. The van der Waals surface area contributed by atoms with Crippen molar-refractivity contribution in [3.63, 3.8) is 0 Å². The van der Waals surface area contributed by atoms with E-state index in [1.807, 2.05) is 128 Å². The smallest absolute Gasteiger partial charge is 0.269 e. The van der Waals surface area contributed by atoms with Crippen LogP contribution in [0.2, 0.25) is 10.0 Å². The van der Waals surface area contributed by atoms with E-state index < -0.39 is 52.4 Å². The Labute approximate surface area is 749 Å². The van der Waals surface area contributed by atoms with E-state index in [2.05, 4.69) is 158 Å². The number of methoxy groups -OCH3 is 1. The summed E-state index contributed by atoms with van der Waals surface area (Å²) in [7, 11) is 1.64. The van der Waals surface area contributed by atoms with E-state index in [9.17, 15) is 50.9 Å². The Bertz CT molecular complexity index is 5580. The van der Waals surface area contributed by atoms with E-state index in [1.165, 1.54) is 68.8 Å². The Morgan fingerprint density at radius 1 is 0.381 bits per heavy atom. The number of nitrogens with zero attached hydrogens (tertiary/aromatic N) is 4. The highest BCUT2D eigenvalue weighted by atomic mass is 35.5. The highest BCUT2D eigenvalue weighted by Crippen LogP contribution is 2.47. The van der Waals surface area contributed by atoms with Gasteiger partial charge in [-0.1, -0.05) is 258 Å². The topological polar surface area (TPSA) is 245 Å². The second kappa shape index (κ2) is 49.3. The number of terminal acetylenes is 6. The third-order valence-corrected chi connectivity index (χ3v) is 21.9. The fraction of sp³-hybridized carbons (Fsp3) is 0.211. The van der Waals surface area contributed by atoms with Crippen molar-refractivity contribution in [3.05, 3.63) is 421 Å². The summed E-state index contributed by atoms with van der Waals surface area (Å²) in [6, 6.07) is 89.9. The molecule has 15 nitrogen and oxygen atoms in total. The number of hydrogen-bond acceptors (Lipinski definition) is 12. The predicted octanol–water partition coefficient (Wildman–Crippen LogP) is 22.0. The third-order valence-electron chi connectivity index (χ3n) is 21.3. The lowest BCUT2D eigenvalue weighted by molar-refractivity contribution is -0.385. The molecule has 0 bridgehead atoms. The number of benzene rings is 12. The van der Waals surface area contributed by atoms with Gasteiger partial charge in [-0.15, -0.1) is 74.1 Å². The molecule has 0 saturated carbocycles. The second-order valence-electron chi connectivity index (χ2n) is 30.1. The third kappa shape index (κ3) is 27.5. The molecule has 0 aromatic heterocycles. The van der Waals surface area contributed by atoms with Gasteiger partial charge in [0.1, 0.15) is 5.75 Å². The zero-order valence-corrected chi connectivity index (χ0v) is 72.1. The Morgan fingerprint density at radius 2 is 0.651 bits per heavy atom. The monoisotopic (exact) mass is 1710 g/mol. The van der Waals surface area contributed by atoms with E-state index in [-0.39, 0.29) is 60.2 Å². The Balaban J connectivity index is 0.000000187. The number of rotatable bonds is 25. The van der Waals surface area contributed by atoms with E-state index >= 15 is 0 Å². The molecule has 1 aliphatic rings. The van der Waals surface area contributed by atoms with Crippen molar-refractivity contribution in [2.24, 2.45) is 0 Å². The van der Waals surface area contributed by atoms with Crippen LogP contribution in [0.5, 0.6) is 5.75 Å². The summed E-state index contributed by atoms with van der Waals surface area (Å²) in [6.45, 7) is 15.3. The number of nitro groups is 2. The first-order valence-electron chi connectivity index (χ1n) is 40.4. The van der Waals surface area contributed by atoms with Crippen LogP contribution in [0.1, 0.15) is 169 Å². The van der Waals surface area contributed by atoms with E-state index in [1.54, 1.807) is 55.6 Å². The van der Waals surface area contributed by atoms with Crippen molar-refractivity contribution in [3.8, 4) is 97.0 Å². The number of aliphatic hydroxyl groups is 6. The SMILES string of the molecule is C#CCC(O)C(c1ccc(C)cc1)c1ccc(C)cc1.C#CCC(O)C(c1ccc(C)cc1)c1ccc(OC)cc1.C#CCC(O)C(c1ccc(Cl)cc1)c1ccc(Cl)cc1.C#CCC(O)C(c1ccc([N+](=O)[O-])cc1)c1ccc([N+](=O)[O-])cc1.C#CCC(O)C1c2ccccc2-c2cc(C)ccc21.[C-]#[N+]c1ccc(C(c2ccc(C#N)cc2)C(O)CC#C)cc1. The molecule has 0 aliphatic heterocycles. The summed E-state index contributed by atoms with van der Waals surface area (Å²) in [5, 5.41) is 94.0. The molecule has 9 unspecified atom stereocenters. The van der Waals surface area contributed by atoms with Gasteiger partial charge in [-0.25, -0.2) is 4.85 Å². The molecule has 12 aromatic rings. The minimum Gasteiger partial charge on any atom is -0.497 e. The molecule has 0 radical (unpaired) electrons. The van der Waals surface area contributed by atoms with Gasteiger partial charge in [0.25, 0.3) is 11.4 Å². The van der Waals surface area contributed by atoms with Crippen LogP contribution in [-0.4, -0.2) is 84.2 Å². The van der Waals surface area contributed by atoms with Crippen molar-refractivity contribution in [2.45, 2.75) is 138 Å². The number of halogens is 2. The zero-order chi connectivity index (χ0) is 91.4. The summed E-state index contributed by atoms with van der Waals surface area (Å²) in [4.78, 5) is 23.9. The van der Waals surface area contributed by atoms with Crippen molar-refractivity contribution in [1.29, 1.82) is 5.26 Å². The first-order chi connectivity index (χ1) is 60.7. The van der Waals surface area contributed by atoms with Crippen LogP contribution in [0.15, 0.2) is 285 Å². The molecular formula is C109H98Cl2N4O11. The summed E-state index contributed by atoms with van der Waals surface area (Å²) < 4.78 is 5.18. The van der Waals surface area contributed by atoms with Crippen molar-refractivity contribution in [1.82, 2.24) is 0 Å². The van der Waals surface area contributed by atoms with Crippen molar-refractivity contribution < 1.29 is 45.2 Å². The number of nitriles is 1. The highest BCUT2D eigenvalue weighted by Gasteiger charge is 2.34. The van der Waals surface area contributed by atoms with E-state index in [4.69, 9.17) is 78.3 Å². The molecule has 634 valence electrons. The lowest BCUT2D eigenvalue weighted by atomic mass is 9.85. The van der Waals surface area contributed by atoms with E-state index in [0.29, 0.717) is 51.7 Å². The molecule has 13 rings (SSSR count). The van der Waals surface area contributed by atoms with Gasteiger partial charge in [0.15, 0.2) is 5.69 Å². The number of nitro benzene ring substituents is 2. The molecule has 17 heteroatoms. The fourth-order valence-electron chi connectivity index (χ4n) is 15.0. The van der Waals surface area contributed by atoms with Crippen LogP contribution in [0.4, 0.5) is 17.1 Å². The first kappa shape index (κ1) is 97.4. The largest absolute Gasteiger partial charge is 0.497 e. The van der Waals surface area contributed by atoms with Crippen LogP contribution in [0.25, 0.3) is 16.0 Å². The Morgan fingerprint density at radius 3 is 0.944 bits per heavy atom. The van der Waals surface area contributed by atoms with Gasteiger partial charge in [-0.3, -0.25) is 20.2 Å². The first-order valence-corrected chi connectivity index (χ1v) is 41.2. The number of fused-ring (bicyclic) bond motifs is 3. The molecule has 0 fully saturated rings. The molecule has 0 heterocycles. The van der Waals surface area contributed by atoms with Gasteiger partial charge in [0.2, 0.25) is 0 Å². The lowest BCUT2D eigenvalue weighted by Gasteiger charge is -2.23.